The van der Waals surface area contributed by atoms with Crippen molar-refractivity contribution < 1.29 is 14.5 Å². The zero-order chi connectivity index (χ0) is 20.4. The summed E-state index contributed by atoms with van der Waals surface area (Å²) in [7, 11) is 0. The molecule has 8 nitrogen and oxygen atoms in total. The second-order valence-electron chi connectivity index (χ2n) is 6.67. The molecule has 144 valence electrons. The number of anilines is 1. The highest BCUT2D eigenvalue weighted by Gasteiger charge is 2.34. The molecule has 1 aliphatic heterocycles. The molecule has 8 heteroatoms. The van der Waals surface area contributed by atoms with E-state index in [1.54, 1.807) is 37.3 Å². The summed E-state index contributed by atoms with van der Waals surface area (Å²) in [5, 5.41) is 14.0. The topological polar surface area (TPSA) is 128 Å². The highest BCUT2D eigenvalue weighted by atomic mass is 16.6. The van der Waals surface area contributed by atoms with Gasteiger partial charge >= 0.3 is 0 Å². The Balaban J connectivity index is 2.05. The van der Waals surface area contributed by atoms with Crippen LogP contribution in [0.15, 0.2) is 41.4 Å². The number of carbonyl (C=O) groups excluding carboxylic acids is 2. The molecule has 1 heterocycles. The van der Waals surface area contributed by atoms with Crippen molar-refractivity contribution in [2.24, 2.45) is 10.7 Å². The Bertz CT molecular complexity index is 1010. The van der Waals surface area contributed by atoms with E-state index in [9.17, 15) is 19.7 Å². The molecule has 2 aromatic carbocycles. The van der Waals surface area contributed by atoms with Crippen LogP contribution in [0.3, 0.4) is 0 Å². The minimum absolute atomic E-state index is 0.0144. The Morgan fingerprint density at radius 3 is 2.68 bits per heavy atom. The predicted molar refractivity (Wildman–Crippen MR) is 106 cm³/mol. The lowest BCUT2D eigenvalue weighted by atomic mass is 9.92. The van der Waals surface area contributed by atoms with Gasteiger partial charge in [-0.25, -0.2) is 0 Å². The van der Waals surface area contributed by atoms with Gasteiger partial charge in [0.2, 0.25) is 11.8 Å². The van der Waals surface area contributed by atoms with Crippen molar-refractivity contribution in [2.45, 2.75) is 32.6 Å². The van der Waals surface area contributed by atoms with Crippen molar-refractivity contribution in [3.8, 4) is 0 Å². The van der Waals surface area contributed by atoms with E-state index < -0.39 is 16.7 Å². The SMILES string of the molecule is CCCC(=Nc1ccc(C)c([N+](=O)[O-])c1)C1C(=O)Nc2cc(C(N)=O)ccc21. The molecule has 0 fully saturated rings. The second-order valence-corrected chi connectivity index (χ2v) is 6.67. The maximum Gasteiger partial charge on any atom is 0.274 e. The van der Waals surface area contributed by atoms with E-state index in [1.807, 2.05) is 6.92 Å². The Hall–Kier alpha value is -3.55. The number of nitrogens with one attached hydrogen (secondary N) is 1. The summed E-state index contributed by atoms with van der Waals surface area (Å²) in [6, 6.07) is 9.57. The third-order valence-corrected chi connectivity index (χ3v) is 4.67. The van der Waals surface area contributed by atoms with Crippen molar-refractivity contribution >= 4 is 34.6 Å². The number of carbonyl (C=O) groups is 2. The fraction of sp³-hybridized carbons (Fsp3) is 0.250. The molecular formula is C20H20N4O4. The minimum atomic E-state index is -0.614. The number of hydrogen-bond donors (Lipinski definition) is 2. The van der Waals surface area contributed by atoms with E-state index in [-0.39, 0.29) is 11.6 Å². The summed E-state index contributed by atoms with van der Waals surface area (Å²) >= 11 is 0. The van der Waals surface area contributed by atoms with Crippen molar-refractivity contribution in [1.82, 2.24) is 0 Å². The number of fused-ring (bicyclic) bond motifs is 1. The Kier molecular flexibility index (Phi) is 5.21. The van der Waals surface area contributed by atoms with Crippen molar-refractivity contribution in [3.05, 3.63) is 63.2 Å². The van der Waals surface area contributed by atoms with Crippen LogP contribution in [-0.4, -0.2) is 22.4 Å². The highest BCUT2D eigenvalue weighted by molar-refractivity contribution is 6.19. The first-order chi connectivity index (χ1) is 13.3. The molecular weight excluding hydrogens is 360 g/mol. The minimum Gasteiger partial charge on any atom is -0.366 e. The van der Waals surface area contributed by atoms with Crippen molar-refractivity contribution in [3.63, 3.8) is 0 Å². The number of rotatable bonds is 6. The van der Waals surface area contributed by atoms with Crippen LogP contribution in [0.4, 0.5) is 17.1 Å². The smallest absolute Gasteiger partial charge is 0.274 e. The zero-order valence-corrected chi connectivity index (χ0v) is 15.6. The van der Waals surface area contributed by atoms with Gasteiger partial charge in [-0.3, -0.25) is 24.7 Å². The first kappa shape index (κ1) is 19.2. The average Bonchev–Trinajstić information content (AvgIpc) is 2.97. The van der Waals surface area contributed by atoms with Crippen LogP contribution in [0, 0.1) is 17.0 Å². The molecule has 1 aliphatic rings. The normalized spacial score (nSPS) is 15.9. The summed E-state index contributed by atoms with van der Waals surface area (Å²) in [4.78, 5) is 39.4. The van der Waals surface area contributed by atoms with Crippen molar-refractivity contribution in [2.75, 3.05) is 5.32 Å². The summed E-state index contributed by atoms with van der Waals surface area (Å²) in [6.45, 7) is 3.63. The first-order valence-electron chi connectivity index (χ1n) is 8.89. The maximum atomic E-state index is 12.6. The maximum absolute atomic E-state index is 12.6. The molecule has 0 saturated heterocycles. The van der Waals surface area contributed by atoms with E-state index >= 15 is 0 Å². The van der Waals surface area contributed by atoms with Crippen LogP contribution in [0.25, 0.3) is 0 Å². The molecule has 3 rings (SSSR count). The summed E-state index contributed by atoms with van der Waals surface area (Å²) in [6.07, 6.45) is 1.31. The lowest BCUT2D eigenvalue weighted by Crippen LogP contribution is -2.20. The number of hydrogen-bond acceptors (Lipinski definition) is 5. The van der Waals surface area contributed by atoms with Gasteiger partial charge in [-0.1, -0.05) is 25.5 Å². The molecule has 3 N–H and O–H groups in total. The average molecular weight is 380 g/mol. The molecule has 0 saturated carbocycles. The third-order valence-electron chi connectivity index (χ3n) is 4.67. The van der Waals surface area contributed by atoms with Crippen molar-refractivity contribution in [1.29, 1.82) is 0 Å². The van der Waals surface area contributed by atoms with Gasteiger partial charge < -0.3 is 11.1 Å². The van der Waals surface area contributed by atoms with Gasteiger partial charge in [-0.05, 0) is 37.1 Å². The van der Waals surface area contributed by atoms with Gasteiger partial charge in [0.25, 0.3) is 5.69 Å². The Labute approximate surface area is 161 Å². The largest absolute Gasteiger partial charge is 0.366 e. The molecule has 0 radical (unpaired) electrons. The first-order valence-corrected chi connectivity index (χ1v) is 8.89. The van der Waals surface area contributed by atoms with Gasteiger partial charge in [0.05, 0.1) is 10.6 Å². The summed E-state index contributed by atoms with van der Waals surface area (Å²) in [5.41, 5.74) is 8.43. The van der Waals surface area contributed by atoms with Crippen LogP contribution in [0.1, 0.15) is 47.2 Å². The third kappa shape index (κ3) is 3.62. The monoisotopic (exact) mass is 380 g/mol. The Morgan fingerprint density at radius 2 is 2.04 bits per heavy atom. The standard InChI is InChI=1S/C20H20N4O4/c1-3-4-15(22-13-7-5-11(2)17(10-13)24(27)28)18-14-8-6-12(19(21)25)9-16(14)23-20(18)26/h5-10,18H,3-4H2,1-2H3,(H2,21,25)(H,23,26). The predicted octanol–water partition coefficient (Wildman–Crippen LogP) is 3.61. The number of aryl methyl sites for hydroxylation is 1. The zero-order valence-electron chi connectivity index (χ0n) is 15.6. The molecule has 2 amide bonds. The van der Waals surface area contributed by atoms with Crippen LogP contribution in [-0.2, 0) is 4.79 Å². The summed E-state index contributed by atoms with van der Waals surface area (Å²) < 4.78 is 0. The van der Waals surface area contributed by atoms with Gasteiger partial charge in [-0.2, -0.15) is 0 Å². The fourth-order valence-corrected chi connectivity index (χ4v) is 3.30. The summed E-state index contributed by atoms with van der Waals surface area (Å²) in [5.74, 6) is -1.43. The lowest BCUT2D eigenvalue weighted by molar-refractivity contribution is -0.385. The van der Waals surface area contributed by atoms with E-state index in [0.29, 0.717) is 40.2 Å². The fourth-order valence-electron chi connectivity index (χ4n) is 3.30. The highest BCUT2D eigenvalue weighted by Crippen LogP contribution is 2.36. The number of nitro groups is 1. The molecule has 1 atom stereocenters. The van der Waals surface area contributed by atoms with E-state index in [2.05, 4.69) is 10.3 Å². The van der Waals surface area contributed by atoms with Gasteiger partial charge in [-0.15, -0.1) is 0 Å². The van der Waals surface area contributed by atoms with E-state index in [4.69, 9.17) is 5.73 Å². The Morgan fingerprint density at radius 1 is 1.29 bits per heavy atom. The lowest BCUT2D eigenvalue weighted by Gasteiger charge is -2.13. The van der Waals surface area contributed by atoms with Crippen LogP contribution in [0.2, 0.25) is 0 Å². The van der Waals surface area contributed by atoms with Crippen LogP contribution >= 0.6 is 0 Å². The number of aliphatic imine (C=N–C) groups is 1. The molecule has 2 aromatic rings. The number of benzene rings is 2. The molecule has 0 aromatic heterocycles. The number of amides is 2. The van der Waals surface area contributed by atoms with E-state index in [0.717, 1.165) is 6.42 Å². The molecule has 0 aliphatic carbocycles. The number of nitro benzene ring substituents is 1. The van der Waals surface area contributed by atoms with Gasteiger partial charge in [0.15, 0.2) is 0 Å². The molecule has 0 spiro atoms. The second kappa shape index (κ2) is 7.59. The number of nitrogens with zero attached hydrogens (tertiary/aromatic N) is 2. The van der Waals surface area contributed by atoms with E-state index in [1.165, 1.54) is 6.07 Å². The number of primary amides is 1. The quantitative estimate of drug-likeness (QED) is 0.450. The molecule has 1 unspecified atom stereocenters. The molecule has 0 bridgehead atoms. The van der Waals surface area contributed by atoms with Gasteiger partial charge in [0.1, 0.15) is 5.92 Å². The molecule has 28 heavy (non-hydrogen) atoms. The van der Waals surface area contributed by atoms with Crippen LogP contribution in [0.5, 0.6) is 0 Å². The van der Waals surface area contributed by atoms with Crippen LogP contribution < -0.4 is 11.1 Å². The van der Waals surface area contributed by atoms with Gasteiger partial charge in [0, 0.05) is 28.6 Å². The number of nitrogens with two attached hydrogens (primary N) is 1.